The van der Waals surface area contributed by atoms with E-state index in [-0.39, 0.29) is 11.7 Å². The van der Waals surface area contributed by atoms with E-state index in [0.29, 0.717) is 11.8 Å². The first-order valence-corrected chi connectivity index (χ1v) is 5.95. The fraction of sp³-hybridized carbons (Fsp3) is 0.846. The molecule has 1 saturated heterocycles. The van der Waals surface area contributed by atoms with Crippen LogP contribution in [0, 0.1) is 17.3 Å². The molecule has 1 spiro atoms. The van der Waals surface area contributed by atoms with Crippen LogP contribution in [0.4, 0.5) is 0 Å². The van der Waals surface area contributed by atoms with Gasteiger partial charge in [-0.2, -0.15) is 0 Å². The van der Waals surface area contributed by atoms with Crippen LogP contribution < -0.4 is 0 Å². The summed E-state index contributed by atoms with van der Waals surface area (Å²) in [5.41, 5.74) is 1.73. The minimum atomic E-state index is -0.0259. The second-order valence-electron chi connectivity index (χ2n) is 5.33. The van der Waals surface area contributed by atoms with Crippen molar-refractivity contribution in [2.24, 2.45) is 17.3 Å². The second-order valence-corrected chi connectivity index (χ2v) is 5.33. The Hall–Kier alpha value is -0.340. The summed E-state index contributed by atoms with van der Waals surface area (Å²) >= 11 is 0. The molecule has 1 fully saturated rings. The van der Waals surface area contributed by atoms with Crippen LogP contribution in [0.15, 0.2) is 11.6 Å². The monoisotopic (exact) mass is 210 g/mol. The summed E-state index contributed by atoms with van der Waals surface area (Å²) in [7, 11) is 0. The molecule has 0 aromatic heterocycles. The first kappa shape index (κ1) is 11.2. The number of hydrogen-bond donors (Lipinski definition) is 0. The third-order valence-corrected chi connectivity index (χ3v) is 4.22. The molecule has 1 heterocycles. The lowest BCUT2D eigenvalue weighted by Gasteiger charge is -2.49. The highest BCUT2D eigenvalue weighted by Crippen LogP contribution is 2.46. The molecule has 0 radical (unpaired) electrons. The van der Waals surface area contributed by atoms with Crippen LogP contribution >= 0.6 is 0 Å². The largest absolute Gasteiger partial charge is 0.352 e. The van der Waals surface area contributed by atoms with Gasteiger partial charge < -0.3 is 9.47 Å². The molecule has 0 bridgehead atoms. The van der Waals surface area contributed by atoms with Crippen LogP contribution in [0.2, 0.25) is 0 Å². The molecule has 0 saturated carbocycles. The maximum atomic E-state index is 5.70. The van der Waals surface area contributed by atoms with E-state index in [0.717, 1.165) is 13.2 Å². The third kappa shape index (κ3) is 1.85. The Labute approximate surface area is 92.6 Å². The van der Waals surface area contributed by atoms with Crippen molar-refractivity contribution in [3.05, 3.63) is 11.6 Å². The highest BCUT2D eigenvalue weighted by molar-refractivity contribution is 5.13. The lowest BCUT2D eigenvalue weighted by Crippen LogP contribution is -2.50. The van der Waals surface area contributed by atoms with Crippen LogP contribution in [-0.2, 0) is 9.47 Å². The summed E-state index contributed by atoms with van der Waals surface area (Å²) in [4.78, 5) is 0. The summed E-state index contributed by atoms with van der Waals surface area (Å²) in [6.07, 6.45) is 3.55. The summed E-state index contributed by atoms with van der Waals surface area (Å²) in [6.45, 7) is 10.5. The van der Waals surface area contributed by atoms with E-state index in [4.69, 9.17) is 9.47 Å². The van der Waals surface area contributed by atoms with Gasteiger partial charge in [-0.25, -0.2) is 0 Å². The second kappa shape index (κ2) is 3.91. The van der Waals surface area contributed by atoms with Gasteiger partial charge in [-0.3, -0.25) is 0 Å². The summed E-state index contributed by atoms with van der Waals surface area (Å²) < 4.78 is 11.4. The van der Waals surface area contributed by atoms with Crippen molar-refractivity contribution in [1.82, 2.24) is 0 Å². The van der Waals surface area contributed by atoms with Crippen molar-refractivity contribution < 1.29 is 9.47 Å². The zero-order valence-electron chi connectivity index (χ0n) is 10.2. The standard InChI is InChI=1S/C13H22O2/c1-9-5-10(2)13(11(3)6-9)7-14-12(4)15-8-13/h5,10-12H,6-8H2,1-4H3/t10-,11-,12?,13?/m0/s1. The average molecular weight is 210 g/mol. The summed E-state index contributed by atoms with van der Waals surface area (Å²) in [5, 5.41) is 0. The number of ether oxygens (including phenoxy) is 2. The molecule has 86 valence electrons. The lowest BCUT2D eigenvalue weighted by atomic mass is 9.63. The molecule has 2 rings (SSSR count). The molecule has 2 heteroatoms. The minimum Gasteiger partial charge on any atom is -0.352 e. The summed E-state index contributed by atoms with van der Waals surface area (Å²) in [5.74, 6) is 1.22. The van der Waals surface area contributed by atoms with E-state index < -0.39 is 0 Å². The van der Waals surface area contributed by atoms with Crippen LogP contribution in [0.25, 0.3) is 0 Å². The SMILES string of the molecule is CC1=C[C@H](C)C2(COC(C)OC2)[C@@H](C)C1. The molecule has 0 amide bonds. The normalized spacial score (nSPS) is 46.7. The first-order chi connectivity index (χ1) is 7.04. The average Bonchev–Trinajstić information content (AvgIpc) is 2.16. The predicted octanol–water partition coefficient (Wildman–Crippen LogP) is 2.99. The maximum absolute atomic E-state index is 5.70. The van der Waals surface area contributed by atoms with Gasteiger partial charge in [0.15, 0.2) is 6.29 Å². The van der Waals surface area contributed by atoms with Gasteiger partial charge in [0.05, 0.1) is 13.2 Å². The maximum Gasteiger partial charge on any atom is 0.154 e. The highest BCUT2D eigenvalue weighted by Gasteiger charge is 2.46. The topological polar surface area (TPSA) is 18.5 Å². The van der Waals surface area contributed by atoms with Crippen LogP contribution in [0.1, 0.15) is 34.1 Å². The van der Waals surface area contributed by atoms with Crippen molar-refractivity contribution in [1.29, 1.82) is 0 Å². The Morgan fingerprint density at radius 1 is 1.20 bits per heavy atom. The van der Waals surface area contributed by atoms with Crippen molar-refractivity contribution in [2.75, 3.05) is 13.2 Å². The molecule has 1 aliphatic heterocycles. The smallest absolute Gasteiger partial charge is 0.154 e. The van der Waals surface area contributed by atoms with Gasteiger partial charge in [-0.05, 0) is 32.1 Å². The number of rotatable bonds is 0. The fourth-order valence-corrected chi connectivity index (χ4v) is 2.98. The van der Waals surface area contributed by atoms with E-state index in [9.17, 15) is 0 Å². The van der Waals surface area contributed by atoms with Gasteiger partial charge in [0, 0.05) is 5.41 Å². The summed E-state index contributed by atoms with van der Waals surface area (Å²) in [6, 6.07) is 0. The van der Waals surface area contributed by atoms with Gasteiger partial charge in [-0.15, -0.1) is 0 Å². The molecule has 15 heavy (non-hydrogen) atoms. The minimum absolute atomic E-state index is 0.0259. The Bertz CT molecular complexity index is 262. The molecule has 0 aromatic carbocycles. The Morgan fingerprint density at radius 3 is 2.33 bits per heavy atom. The van der Waals surface area contributed by atoms with Crippen molar-refractivity contribution in [2.45, 2.75) is 40.4 Å². The molecular weight excluding hydrogens is 188 g/mol. The van der Waals surface area contributed by atoms with Gasteiger partial charge >= 0.3 is 0 Å². The van der Waals surface area contributed by atoms with Crippen molar-refractivity contribution in [3.63, 3.8) is 0 Å². The van der Waals surface area contributed by atoms with Crippen LogP contribution in [0.5, 0.6) is 0 Å². The predicted molar refractivity (Wildman–Crippen MR) is 60.5 cm³/mol. The van der Waals surface area contributed by atoms with E-state index in [1.807, 2.05) is 6.92 Å². The molecule has 0 aromatic rings. The first-order valence-electron chi connectivity index (χ1n) is 5.95. The highest BCUT2D eigenvalue weighted by atomic mass is 16.7. The van der Waals surface area contributed by atoms with Gasteiger partial charge in [-0.1, -0.05) is 25.5 Å². The lowest BCUT2D eigenvalue weighted by molar-refractivity contribution is -0.242. The third-order valence-electron chi connectivity index (χ3n) is 4.22. The van der Waals surface area contributed by atoms with E-state index in [1.54, 1.807) is 0 Å². The molecule has 0 N–H and O–H groups in total. The molecule has 2 aliphatic rings. The molecule has 2 atom stereocenters. The van der Waals surface area contributed by atoms with E-state index in [1.165, 1.54) is 12.0 Å². The quantitative estimate of drug-likeness (QED) is 0.572. The molecular formula is C13H22O2. The van der Waals surface area contributed by atoms with Gasteiger partial charge in [0.1, 0.15) is 0 Å². The Balaban J connectivity index is 2.19. The number of allylic oxidation sites excluding steroid dienone is 2. The van der Waals surface area contributed by atoms with Crippen molar-refractivity contribution >= 4 is 0 Å². The van der Waals surface area contributed by atoms with Crippen LogP contribution in [0.3, 0.4) is 0 Å². The number of hydrogen-bond acceptors (Lipinski definition) is 2. The fourth-order valence-electron chi connectivity index (χ4n) is 2.98. The zero-order chi connectivity index (χ0) is 11.1. The molecule has 0 unspecified atom stereocenters. The zero-order valence-corrected chi connectivity index (χ0v) is 10.2. The van der Waals surface area contributed by atoms with Crippen LogP contribution in [-0.4, -0.2) is 19.5 Å². The van der Waals surface area contributed by atoms with Crippen molar-refractivity contribution in [3.8, 4) is 0 Å². The van der Waals surface area contributed by atoms with Gasteiger partial charge in [0.2, 0.25) is 0 Å². The molecule has 1 aliphatic carbocycles. The molecule has 2 nitrogen and oxygen atoms in total. The Kier molecular flexibility index (Phi) is 2.91. The van der Waals surface area contributed by atoms with Gasteiger partial charge in [0.25, 0.3) is 0 Å². The van der Waals surface area contributed by atoms with E-state index >= 15 is 0 Å². The van der Waals surface area contributed by atoms with E-state index in [2.05, 4.69) is 26.8 Å². The Morgan fingerprint density at radius 2 is 1.80 bits per heavy atom.